The molecule has 4 saturated carbocycles. The Balaban J connectivity index is 1.48. The van der Waals surface area contributed by atoms with Gasteiger partial charge in [0, 0.05) is 19.5 Å². The Morgan fingerprint density at radius 2 is 1.75 bits per heavy atom. The van der Waals surface area contributed by atoms with E-state index in [2.05, 4.69) is 26.1 Å². The number of nitrogens with two attached hydrogens (primary N) is 1. The van der Waals surface area contributed by atoms with Gasteiger partial charge in [-0.2, -0.15) is 0 Å². The molecule has 9 atom stereocenters. The first-order valence-corrected chi connectivity index (χ1v) is 12.3. The third-order valence-corrected chi connectivity index (χ3v) is 10.6. The van der Waals surface area contributed by atoms with E-state index in [9.17, 15) is 4.79 Å². The lowest BCUT2D eigenvalue weighted by Crippen LogP contribution is -2.54. The molecule has 0 radical (unpaired) electrons. The van der Waals surface area contributed by atoms with Gasteiger partial charge in [-0.1, -0.05) is 20.8 Å². The van der Waals surface area contributed by atoms with Crippen molar-refractivity contribution in [2.75, 3.05) is 7.05 Å². The van der Waals surface area contributed by atoms with E-state index >= 15 is 0 Å². The van der Waals surface area contributed by atoms with Gasteiger partial charge in [0.05, 0.1) is 0 Å². The average molecular weight is 389 g/mol. The van der Waals surface area contributed by atoms with Crippen molar-refractivity contribution >= 4 is 5.91 Å². The molecule has 0 spiro atoms. The maximum absolute atomic E-state index is 11.8. The predicted molar refractivity (Wildman–Crippen MR) is 116 cm³/mol. The van der Waals surface area contributed by atoms with Crippen LogP contribution in [0.25, 0.3) is 0 Å². The lowest BCUT2D eigenvalue weighted by molar-refractivity contribution is -0.122. The molecule has 160 valence electrons. The Morgan fingerprint density at radius 1 is 1.04 bits per heavy atom. The second-order valence-corrected chi connectivity index (χ2v) is 11.6. The fraction of sp³-hybridized carbons (Fsp3) is 0.960. The van der Waals surface area contributed by atoms with Crippen LogP contribution in [-0.2, 0) is 4.79 Å². The number of carbonyl (C=O) groups excluding carboxylic acids is 1. The lowest BCUT2D eigenvalue weighted by atomic mass is 9.44. The number of hydrogen-bond acceptors (Lipinski definition) is 2. The highest BCUT2D eigenvalue weighted by Crippen LogP contribution is 2.68. The third kappa shape index (κ3) is 3.24. The smallest absolute Gasteiger partial charge is 0.219 e. The summed E-state index contributed by atoms with van der Waals surface area (Å²) in [5.74, 6) is 5.38. The Bertz CT molecular complexity index is 591. The van der Waals surface area contributed by atoms with Gasteiger partial charge in [-0.25, -0.2) is 0 Å². The fourth-order valence-electron chi connectivity index (χ4n) is 8.95. The SMILES string of the molecule is CNC(=O)CC[C@@H](C)[C@H]1CC[C@H]2[C@@H]3CC[C@@H]4C[C@@H](N)CC[C@]4(C)[C@H]3CC[C@]12C. The van der Waals surface area contributed by atoms with Gasteiger partial charge in [0.1, 0.15) is 0 Å². The van der Waals surface area contributed by atoms with E-state index in [0.717, 1.165) is 36.0 Å². The van der Waals surface area contributed by atoms with Crippen LogP contribution in [0.5, 0.6) is 0 Å². The Labute approximate surface area is 173 Å². The quantitative estimate of drug-likeness (QED) is 0.701. The second-order valence-electron chi connectivity index (χ2n) is 11.6. The molecule has 28 heavy (non-hydrogen) atoms. The van der Waals surface area contributed by atoms with E-state index in [1.165, 1.54) is 57.8 Å². The molecule has 1 amide bonds. The summed E-state index contributed by atoms with van der Waals surface area (Å²) >= 11 is 0. The van der Waals surface area contributed by atoms with Crippen molar-refractivity contribution in [1.82, 2.24) is 5.32 Å². The Kier molecular flexibility index (Phi) is 5.61. The normalized spacial score (nSPS) is 48.9. The van der Waals surface area contributed by atoms with Gasteiger partial charge < -0.3 is 11.1 Å². The summed E-state index contributed by atoms with van der Waals surface area (Å²) in [4.78, 5) is 11.8. The number of fused-ring (bicyclic) bond motifs is 5. The first-order chi connectivity index (χ1) is 13.3. The second kappa shape index (κ2) is 7.60. The van der Waals surface area contributed by atoms with Gasteiger partial charge in [0.2, 0.25) is 5.91 Å². The van der Waals surface area contributed by atoms with Crippen LogP contribution in [0.15, 0.2) is 0 Å². The molecular weight excluding hydrogens is 344 g/mol. The highest BCUT2D eigenvalue weighted by molar-refractivity contribution is 5.75. The molecule has 3 nitrogen and oxygen atoms in total. The minimum absolute atomic E-state index is 0.206. The maximum atomic E-state index is 11.8. The molecule has 0 bridgehead atoms. The van der Waals surface area contributed by atoms with E-state index in [1.54, 1.807) is 7.05 Å². The van der Waals surface area contributed by atoms with Crippen LogP contribution in [0.1, 0.15) is 91.4 Å². The zero-order valence-corrected chi connectivity index (χ0v) is 18.8. The van der Waals surface area contributed by atoms with Crippen molar-refractivity contribution in [3.63, 3.8) is 0 Å². The van der Waals surface area contributed by atoms with Crippen LogP contribution in [0, 0.1) is 46.3 Å². The fourth-order valence-corrected chi connectivity index (χ4v) is 8.95. The summed E-state index contributed by atoms with van der Waals surface area (Å²) in [5, 5.41) is 2.80. The average Bonchev–Trinajstić information content (AvgIpc) is 3.03. The van der Waals surface area contributed by atoms with E-state index in [4.69, 9.17) is 5.73 Å². The highest BCUT2D eigenvalue weighted by Gasteiger charge is 2.60. The van der Waals surface area contributed by atoms with Crippen molar-refractivity contribution in [2.45, 2.75) is 97.4 Å². The largest absolute Gasteiger partial charge is 0.359 e. The van der Waals surface area contributed by atoms with Gasteiger partial charge in [0.25, 0.3) is 0 Å². The zero-order chi connectivity index (χ0) is 20.1. The lowest BCUT2D eigenvalue weighted by Gasteiger charge is -2.61. The topological polar surface area (TPSA) is 55.1 Å². The summed E-state index contributed by atoms with van der Waals surface area (Å²) in [6.07, 6.45) is 14.2. The molecule has 0 aromatic carbocycles. The van der Waals surface area contributed by atoms with Crippen LogP contribution in [0.2, 0.25) is 0 Å². The van der Waals surface area contributed by atoms with Gasteiger partial charge >= 0.3 is 0 Å². The molecule has 4 rings (SSSR count). The van der Waals surface area contributed by atoms with Gasteiger partial charge in [-0.3, -0.25) is 4.79 Å². The molecule has 0 aromatic heterocycles. The molecule has 4 aliphatic rings. The summed E-state index contributed by atoms with van der Waals surface area (Å²) < 4.78 is 0. The number of hydrogen-bond donors (Lipinski definition) is 2. The number of rotatable bonds is 4. The van der Waals surface area contributed by atoms with Crippen molar-refractivity contribution in [2.24, 2.45) is 52.1 Å². The highest BCUT2D eigenvalue weighted by atomic mass is 16.1. The summed E-state index contributed by atoms with van der Waals surface area (Å²) in [5.41, 5.74) is 7.43. The molecule has 0 saturated heterocycles. The minimum Gasteiger partial charge on any atom is -0.359 e. The van der Waals surface area contributed by atoms with E-state index < -0.39 is 0 Å². The van der Waals surface area contributed by atoms with E-state index in [-0.39, 0.29) is 5.91 Å². The summed E-state index contributed by atoms with van der Waals surface area (Å²) in [6.45, 7) is 7.70. The molecule has 0 aromatic rings. The van der Waals surface area contributed by atoms with Crippen LogP contribution in [0.3, 0.4) is 0 Å². The molecular formula is C25H44N2O. The zero-order valence-electron chi connectivity index (χ0n) is 18.8. The molecule has 4 aliphatic carbocycles. The van der Waals surface area contributed by atoms with E-state index in [1.807, 2.05) is 0 Å². The Morgan fingerprint density at radius 3 is 2.50 bits per heavy atom. The number of amides is 1. The predicted octanol–water partition coefficient (Wildman–Crippen LogP) is 5.13. The number of nitrogens with one attached hydrogen (secondary N) is 1. The van der Waals surface area contributed by atoms with Gasteiger partial charge in [-0.05, 0) is 111 Å². The van der Waals surface area contributed by atoms with Crippen molar-refractivity contribution in [3.05, 3.63) is 0 Å². The molecule has 3 N–H and O–H groups in total. The Hall–Kier alpha value is -0.570. The first-order valence-electron chi connectivity index (χ1n) is 12.3. The van der Waals surface area contributed by atoms with Gasteiger partial charge in [0.15, 0.2) is 0 Å². The molecule has 0 heterocycles. The summed E-state index contributed by atoms with van der Waals surface area (Å²) in [6, 6.07) is 0.459. The summed E-state index contributed by atoms with van der Waals surface area (Å²) in [7, 11) is 1.76. The first kappa shape index (κ1) is 20.7. The van der Waals surface area contributed by atoms with Crippen LogP contribution >= 0.6 is 0 Å². The molecule has 0 aliphatic heterocycles. The molecule has 4 fully saturated rings. The van der Waals surface area contributed by atoms with Crippen LogP contribution < -0.4 is 11.1 Å². The standard InChI is InChI=1S/C25H44N2O/c1-16(5-10-23(28)27-4)20-8-9-21-19-7-6-17-15-18(26)11-13-24(17,2)22(19)12-14-25(20,21)3/h16-22H,5-15,26H2,1-4H3,(H,27,28)/t16-,17-,18+,19+,20-,21+,22+,24+,25-/m1/s1. The maximum Gasteiger partial charge on any atom is 0.219 e. The molecule has 3 heteroatoms. The van der Waals surface area contributed by atoms with Gasteiger partial charge in [-0.15, -0.1) is 0 Å². The van der Waals surface area contributed by atoms with Crippen molar-refractivity contribution < 1.29 is 4.79 Å². The van der Waals surface area contributed by atoms with Crippen LogP contribution in [0.4, 0.5) is 0 Å². The van der Waals surface area contributed by atoms with Crippen LogP contribution in [-0.4, -0.2) is 19.0 Å². The number of carbonyl (C=O) groups is 1. The molecule has 0 unspecified atom stereocenters. The third-order valence-electron chi connectivity index (χ3n) is 10.6. The monoisotopic (exact) mass is 388 g/mol. The van der Waals surface area contributed by atoms with Crippen molar-refractivity contribution in [3.8, 4) is 0 Å². The minimum atomic E-state index is 0.206. The van der Waals surface area contributed by atoms with E-state index in [0.29, 0.717) is 29.2 Å². The van der Waals surface area contributed by atoms with Crippen molar-refractivity contribution in [1.29, 1.82) is 0 Å².